The van der Waals surface area contributed by atoms with Crippen LogP contribution in [0.15, 0.2) is 72.0 Å². The number of ether oxygens (including phenoxy) is 1. The summed E-state index contributed by atoms with van der Waals surface area (Å²) in [6, 6.07) is 14.2. The number of nitrogens with one attached hydrogen (secondary N) is 3. The number of halogens is 1. The molecule has 228 valence electrons. The molecule has 2 aliphatic rings. The summed E-state index contributed by atoms with van der Waals surface area (Å²) in [7, 11) is -2.13. The molecular formula is C31H32ClN7O4S. The Morgan fingerprint density at radius 3 is 2.70 bits per heavy atom. The van der Waals surface area contributed by atoms with Gasteiger partial charge in [-0.1, -0.05) is 17.7 Å². The monoisotopic (exact) mass is 633 g/mol. The number of fused-ring (bicyclic) bond motifs is 6. The van der Waals surface area contributed by atoms with Crippen molar-refractivity contribution in [3.63, 3.8) is 0 Å². The molecule has 2 aromatic carbocycles. The fraction of sp³-hybridized carbons (Fsp3) is 0.290. The summed E-state index contributed by atoms with van der Waals surface area (Å²) in [6.45, 7) is 0.719. The molecule has 0 atom stereocenters. The first-order chi connectivity index (χ1) is 21.3. The van der Waals surface area contributed by atoms with Crippen LogP contribution in [-0.4, -0.2) is 53.8 Å². The fourth-order valence-electron chi connectivity index (χ4n) is 5.48. The molecule has 0 unspecified atom stereocenters. The third kappa shape index (κ3) is 6.77. The average molecular weight is 634 g/mol. The van der Waals surface area contributed by atoms with E-state index in [1.165, 1.54) is 23.7 Å². The topological polar surface area (TPSA) is 138 Å². The average Bonchev–Trinajstić information content (AvgIpc) is 3.03. The van der Waals surface area contributed by atoms with Crippen LogP contribution in [0.1, 0.15) is 30.4 Å². The van der Waals surface area contributed by atoms with E-state index in [0.717, 1.165) is 28.2 Å². The van der Waals surface area contributed by atoms with Crippen molar-refractivity contribution in [3.8, 4) is 5.75 Å². The number of rotatable bonds is 6. The van der Waals surface area contributed by atoms with E-state index in [4.69, 9.17) is 16.3 Å². The molecule has 4 heterocycles. The summed E-state index contributed by atoms with van der Waals surface area (Å²) < 4.78 is 33.0. The van der Waals surface area contributed by atoms with E-state index in [-0.39, 0.29) is 16.7 Å². The van der Waals surface area contributed by atoms with Crippen LogP contribution in [-0.2, 0) is 27.7 Å². The highest BCUT2D eigenvalue weighted by molar-refractivity contribution is 7.89. The second kappa shape index (κ2) is 12.8. The smallest absolute Gasteiger partial charge is 0.243 e. The molecule has 6 bridgehead atoms. The van der Waals surface area contributed by atoms with Gasteiger partial charge in [-0.25, -0.2) is 13.4 Å². The van der Waals surface area contributed by atoms with E-state index in [9.17, 15) is 13.2 Å². The normalized spacial score (nSPS) is 15.5. The highest BCUT2D eigenvalue weighted by Crippen LogP contribution is 2.31. The third-order valence-corrected chi connectivity index (χ3v) is 10.0. The number of nitrogens with zero attached hydrogens (tertiary/aromatic N) is 4. The number of carbonyl (C=O) groups is 1. The summed E-state index contributed by atoms with van der Waals surface area (Å²) in [4.78, 5) is 26.6. The number of methoxy groups -OCH3 is 1. The molecule has 44 heavy (non-hydrogen) atoms. The molecule has 2 aliphatic heterocycles. The Balaban J connectivity index is 1.14. The van der Waals surface area contributed by atoms with Crippen LogP contribution < -0.4 is 20.7 Å². The van der Waals surface area contributed by atoms with Gasteiger partial charge in [-0.2, -0.15) is 9.29 Å². The van der Waals surface area contributed by atoms with Gasteiger partial charge in [0.2, 0.25) is 21.9 Å². The van der Waals surface area contributed by atoms with Crippen LogP contribution in [0.4, 0.5) is 28.8 Å². The maximum absolute atomic E-state index is 13.2. The number of amides is 1. The van der Waals surface area contributed by atoms with Gasteiger partial charge in [0.1, 0.15) is 10.8 Å². The third-order valence-electron chi connectivity index (χ3n) is 7.85. The summed E-state index contributed by atoms with van der Waals surface area (Å²) in [5.74, 6) is 1.31. The predicted octanol–water partition coefficient (Wildman–Crippen LogP) is 5.55. The molecule has 1 fully saturated rings. The molecule has 11 nitrogen and oxygen atoms in total. The number of sulfonamides is 1. The summed E-state index contributed by atoms with van der Waals surface area (Å²) in [6.07, 6.45) is 7.94. The first-order valence-corrected chi connectivity index (χ1v) is 16.2. The largest absolute Gasteiger partial charge is 0.497 e. The summed E-state index contributed by atoms with van der Waals surface area (Å²) in [5.41, 5.74) is 4.24. The van der Waals surface area contributed by atoms with Crippen LogP contribution >= 0.6 is 11.6 Å². The van der Waals surface area contributed by atoms with Gasteiger partial charge in [-0.15, -0.1) is 0 Å². The fourth-order valence-corrected chi connectivity index (χ4v) is 7.12. The Labute approximate surface area is 261 Å². The van der Waals surface area contributed by atoms with Crippen molar-refractivity contribution in [2.45, 2.75) is 37.0 Å². The van der Waals surface area contributed by atoms with Crippen molar-refractivity contribution in [1.29, 1.82) is 0 Å². The lowest BCUT2D eigenvalue weighted by Gasteiger charge is -2.31. The molecule has 1 amide bonds. The number of benzene rings is 2. The minimum atomic E-state index is -3.64. The van der Waals surface area contributed by atoms with Crippen molar-refractivity contribution in [1.82, 2.24) is 19.3 Å². The quantitative estimate of drug-likeness (QED) is 0.249. The Bertz CT molecular complexity index is 1800. The van der Waals surface area contributed by atoms with Crippen LogP contribution in [0, 0.1) is 5.92 Å². The first kappa shape index (κ1) is 29.8. The highest BCUT2D eigenvalue weighted by atomic mass is 35.5. The van der Waals surface area contributed by atoms with E-state index >= 15 is 0 Å². The number of piperidine rings is 1. The second-order valence-corrected chi connectivity index (χ2v) is 13.2. The van der Waals surface area contributed by atoms with E-state index in [0.29, 0.717) is 67.7 Å². The van der Waals surface area contributed by atoms with Crippen LogP contribution in [0.3, 0.4) is 0 Å². The zero-order valence-electron chi connectivity index (χ0n) is 24.1. The van der Waals surface area contributed by atoms with Gasteiger partial charge in [0.05, 0.1) is 30.1 Å². The minimum Gasteiger partial charge on any atom is -0.497 e. The van der Waals surface area contributed by atoms with E-state index < -0.39 is 10.0 Å². The van der Waals surface area contributed by atoms with Gasteiger partial charge in [0.15, 0.2) is 5.82 Å². The standard InChI is InChI=1S/C31H32ClN7O4S/c1-43-25-3-2-4-26(16-25)44(41,42)39-11-9-20(10-12-39)14-29(40)37-28-8-7-23-15-22(28)6-5-21-13-24(18-33-17-21)36-31-34-19-27(32)30(35-23)38-31/h2-4,7-8,13,15-20H,5-6,9-12,14H2,1H3,(H,37,40)(H2,34,35,36,38). The summed E-state index contributed by atoms with van der Waals surface area (Å²) >= 11 is 6.38. The Morgan fingerprint density at radius 2 is 1.89 bits per heavy atom. The van der Waals surface area contributed by atoms with Crippen molar-refractivity contribution >= 4 is 56.4 Å². The number of pyridine rings is 1. The lowest BCUT2D eigenvalue weighted by molar-refractivity contribution is -0.117. The molecule has 0 aliphatic carbocycles. The summed E-state index contributed by atoms with van der Waals surface area (Å²) in [5, 5.41) is 9.92. The molecule has 4 aromatic rings. The first-order valence-electron chi connectivity index (χ1n) is 14.3. The van der Waals surface area contributed by atoms with Gasteiger partial charge in [-0.05, 0) is 79.1 Å². The SMILES string of the molecule is COc1cccc(S(=O)(=O)N2CCC(CC(=O)Nc3ccc4cc3CCc3cncc(c3)Nc3ncc(Cl)c(n3)N4)CC2)c1. The number of hydrogen-bond donors (Lipinski definition) is 3. The maximum Gasteiger partial charge on any atom is 0.243 e. The molecule has 0 radical (unpaired) electrons. The molecule has 13 heteroatoms. The molecule has 1 saturated heterocycles. The van der Waals surface area contributed by atoms with Crippen LogP contribution in [0.25, 0.3) is 0 Å². The molecule has 2 aromatic heterocycles. The minimum absolute atomic E-state index is 0.0770. The number of aromatic nitrogens is 3. The molecule has 3 N–H and O–H groups in total. The maximum atomic E-state index is 13.2. The van der Waals surface area contributed by atoms with Gasteiger partial charge >= 0.3 is 0 Å². The number of aryl methyl sites for hydroxylation is 2. The molecule has 6 rings (SSSR count). The molecule has 0 saturated carbocycles. The van der Waals surface area contributed by atoms with Crippen molar-refractivity contribution in [3.05, 3.63) is 83.3 Å². The Hall–Kier alpha value is -4.26. The van der Waals surface area contributed by atoms with E-state index in [1.807, 2.05) is 30.5 Å². The van der Waals surface area contributed by atoms with Gasteiger partial charge in [0.25, 0.3) is 0 Å². The Kier molecular flexibility index (Phi) is 8.65. The number of hydrogen-bond acceptors (Lipinski definition) is 9. The molecular weight excluding hydrogens is 602 g/mol. The van der Waals surface area contributed by atoms with Crippen LogP contribution in [0.2, 0.25) is 5.02 Å². The Morgan fingerprint density at radius 1 is 1.05 bits per heavy atom. The predicted molar refractivity (Wildman–Crippen MR) is 169 cm³/mol. The molecule has 0 spiro atoms. The lowest BCUT2D eigenvalue weighted by atomic mass is 9.94. The van der Waals surface area contributed by atoms with E-state index in [1.54, 1.807) is 24.4 Å². The van der Waals surface area contributed by atoms with Crippen molar-refractivity contribution < 1.29 is 17.9 Å². The second-order valence-electron chi connectivity index (χ2n) is 10.9. The number of anilines is 5. The zero-order chi connectivity index (χ0) is 30.7. The van der Waals surface area contributed by atoms with Crippen molar-refractivity contribution in [2.75, 3.05) is 36.1 Å². The van der Waals surface area contributed by atoms with E-state index in [2.05, 4.69) is 30.9 Å². The van der Waals surface area contributed by atoms with Gasteiger partial charge < -0.3 is 20.7 Å². The van der Waals surface area contributed by atoms with Gasteiger partial charge in [-0.3, -0.25) is 9.78 Å². The van der Waals surface area contributed by atoms with Crippen molar-refractivity contribution in [2.24, 2.45) is 5.92 Å². The van der Waals surface area contributed by atoms with Gasteiger partial charge in [0, 0.05) is 43.1 Å². The lowest BCUT2D eigenvalue weighted by Crippen LogP contribution is -2.39. The van der Waals surface area contributed by atoms with Crippen LogP contribution in [0.5, 0.6) is 5.75 Å². The number of carbonyl (C=O) groups excluding carboxylic acids is 1. The highest BCUT2D eigenvalue weighted by Gasteiger charge is 2.30. The zero-order valence-corrected chi connectivity index (χ0v) is 25.7.